The van der Waals surface area contributed by atoms with Gasteiger partial charge in [-0.2, -0.15) is 5.26 Å². The molecule has 0 saturated heterocycles. The van der Waals surface area contributed by atoms with Gasteiger partial charge in [0.05, 0.1) is 6.07 Å². The molecular weight excluding hydrogens is 326 g/mol. The molecule has 0 spiro atoms. The van der Waals surface area contributed by atoms with Gasteiger partial charge in [0.15, 0.2) is 0 Å². The molecule has 3 rings (SSSR count). The Kier molecular flexibility index (Phi) is 5.11. The van der Waals surface area contributed by atoms with Crippen molar-refractivity contribution >= 4 is 11.8 Å². The minimum absolute atomic E-state index is 0.689. The number of nitrogens with zero attached hydrogens (tertiary/aromatic N) is 1. The molecule has 25 heavy (non-hydrogen) atoms. The van der Waals surface area contributed by atoms with Gasteiger partial charge in [0.25, 0.3) is 0 Å². The van der Waals surface area contributed by atoms with E-state index in [1.807, 2.05) is 61.5 Å². The van der Waals surface area contributed by atoms with Crippen LogP contribution >= 0.6 is 11.8 Å². The first-order valence-corrected chi connectivity index (χ1v) is 8.91. The fourth-order valence-electron chi connectivity index (χ4n) is 2.47. The van der Waals surface area contributed by atoms with Crippen LogP contribution in [0.3, 0.4) is 0 Å². The summed E-state index contributed by atoms with van der Waals surface area (Å²) in [6.45, 7) is 4.00. The van der Waals surface area contributed by atoms with Crippen LogP contribution in [0.2, 0.25) is 0 Å². The summed E-state index contributed by atoms with van der Waals surface area (Å²) in [7, 11) is 0. The summed E-state index contributed by atoms with van der Waals surface area (Å²) in [6, 6.07) is 28.1. The smallest absolute Gasteiger partial charge is 0.129 e. The van der Waals surface area contributed by atoms with Crippen LogP contribution in [0.5, 0.6) is 11.5 Å². The van der Waals surface area contributed by atoms with Gasteiger partial charge >= 0.3 is 0 Å². The van der Waals surface area contributed by atoms with E-state index in [1.54, 1.807) is 11.8 Å². The van der Waals surface area contributed by atoms with Crippen molar-refractivity contribution in [3.8, 4) is 17.6 Å². The molecule has 0 heterocycles. The van der Waals surface area contributed by atoms with Crippen LogP contribution in [0.4, 0.5) is 0 Å². The highest BCUT2D eigenvalue weighted by atomic mass is 32.2. The third-order valence-electron chi connectivity index (χ3n) is 3.92. The number of ether oxygens (including phenoxy) is 1. The standard InChI is InChI=1S/C22H19NOS/c1-17-11-13-21(14-12-17)25-22(2,16-23)18-7-6-10-20(15-18)24-19-8-4-3-5-9-19/h3-15H,1-2H3. The second-order valence-electron chi connectivity index (χ2n) is 6.00. The molecule has 0 saturated carbocycles. The fraction of sp³-hybridized carbons (Fsp3) is 0.136. The third-order valence-corrected chi connectivity index (χ3v) is 5.16. The Hall–Kier alpha value is -2.70. The van der Waals surface area contributed by atoms with Crippen molar-refractivity contribution in [1.82, 2.24) is 0 Å². The summed E-state index contributed by atoms with van der Waals surface area (Å²) in [5, 5.41) is 9.82. The van der Waals surface area contributed by atoms with E-state index in [9.17, 15) is 5.26 Å². The van der Waals surface area contributed by atoms with Crippen LogP contribution in [0.25, 0.3) is 0 Å². The lowest BCUT2D eigenvalue weighted by molar-refractivity contribution is 0.481. The molecule has 0 bridgehead atoms. The van der Waals surface area contributed by atoms with E-state index >= 15 is 0 Å². The Labute approximate surface area is 153 Å². The number of para-hydroxylation sites is 1. The number of aryl methyl sites for hydroxylation is 1. The molecule has 0 radical (unpaired) electrons. The molecule has 3 aromatic rings. The van der Waals surface area contributed by atoms with Crippen molar-refractivity contribution in [2.75, 3.05) is 0 Å². The molecule has 3 aromatic carbocycles. The van der Waals surface area contributed by atoms with Gasteiger partial charge in [0.2, 0.25) is 0 Å². The van der Waals surface area contributed by atoms with Crippen molar-refractivity contribution in [2.45, 2.75) is 23.5 Å². The lowest BCUT2D eigenvalue weighted by atomic mass is 10.0. The van der Waals surface area contributed by atoms with E-state index in [0.717, 1.165) is 22.0 Å². The largest absolute Gasteiger partial charge is 0.457 e. The second-order valence-corrected chi connectivity index (χ2v) is 7.50. The van der Waals surface area contributed by atoms with Gasteiger partial charge < -0.3 is 4.74 Å². The highest BCUT2D eigenvalue weighted by Gasteiger charge is 2.28. The Morgan fingerprint density at radius 1 is 0.880 bits per heavy atom. The SMILES string of the molecule is Cc1ccc(SC(C)(C#N)c2cccc(Oc3ccccc3)c2)cc1. The molecule has 2 nitrogen and oxygen atoms in total. The van der Waals surface area contributed by atoms with Gasteiger partial charge in [-0.15, -0.1) is 0 Å². The predicted molar refractivity (Wildman–Crippen MR) is 103 cm³/mol. The topological polar surface area (TPSA) is 33.0 Å². The summed E-state index contributed by atoms with van der Waals surface area (Å²) >= 11 is 1.55. The zero-order chi connectivity index (χ0) is 17.7. The molecule has 1 atom stereocenters. The summed E-state index contributed by atoms with van der Waals surface area (Å²) in [4.78, 5) is 1.07. The van der Waals surface area contributed by atoms with Crippen molar-refractivity contribution in [1.29, 1.82) is 5.26 Å². The average molecular weight is 345 g/mol. The lowest BCUT2D eigenvalue weighted by Crippen LogP contribution is -2.14. The molecule has 0 aliphatic heterocycles. The molecule has 1 unspecified atom stereocenters. The molecule has 3 heteroatoms. The van der Waals surface area contributed by atoms with Crippen molar-refractivity contribution in [3.05, 3.63) is 90.0 Å². The van der Waals surface area contributed by atoms with Gasteiger partial charge in [0.1, 0.15) is 16.2 Å². The minimum atomic E-state index is -0.689. The normalized spacial score (nSPS) is 12.8. The first-order valence-electron chi connectivity index (χ1n) is 8.09. The molecule has 0 fully saturated rings. The molecule has 0 aliphatic rings. The van der Waals surface area contributed by atoms with Gasteiger partial charge in [-0.25, -0.2) is 0 Å². The maximum atomic E-state index is 9.82. The van der Waals surface area contributed by atoms with Crippen molar-refractivity contribution < 1.29 is 4.74 Å². The Balaban J connectivity index is 1.86. The summed E-state index contributed by atoms with van der Waals surface area (Å²) in [5.41, 5.74) is 2.13. The highest BCUT2D eigenvalue weighted by Crippen LogP contribution is 2.42. The lowest BCUT2D eigenvalue weighted by Gasteiger charge is -2.22. The van der Waals surface area contributed by atoms with Gasteiger partial charge in [-0.3, -0.25) is 0 Å². The minimum Gasteiger partial charge on any atom is -0.457 e. The summed E-state index contributed by atoms with van der Waals surface area (Å²) < 4.78 is 5.22. The van der Waals surface area contributed by atoms with Gasteiger partial charge in [-0.05, 0) is 55.8 Å². The van der Waals surface area contributed by atoms with E-state index in [1.165, 1.54) is 5.56 Å². The molecular formula is C22H19NOS. The first kappa shape index (κ1) is 17.1. The van der Waals surface area contributed by atoms with Crippen molar-refractivity contribution in [3.63, 3.8) is 0 Å². The predicted octanol–water partition coefficient (Wildman–Crippen LogP) is 6.32. The molecule has 124 valence electrons. The molecule has 0 aliphatic carbocycles. The van der Waals surface area contributed by atoms with Crippen LogP contribution in [0, 0.1) is 18.3 Å². The zero-order valence-corrected chi connectivity index (χ0v) is 15.1. The van der Waals surface area contributed by atoms with Crippen LogP contribution in [0.1, 0.15) is 18.1 Å². The molecule has 0 aromatic heterocycles. The van der Waals surface area contributed by atoms with E-state index in [0.29, 0.717) is 0 Å². The summed E-state index contributed by atoms with van der Waals surface area (Å²) in [5.74, 6) is 1.51. The maximum absolute atomic E-state index is 9.82. The van der Waals surface area contributed by atoms with E-state index in [4.69, 9.17) is 4.74 Å². The van der Waals surface area contributed by atoms with Gasteiger partial charge in [-0.1, -0.05) is 59.8 Å². The monoisotopic (exact) mass is 345 g/mol. The fourth-order valence-corrected chi connectivity index (χ4v) is 3.50. The van der Waals surface area contributed by atoms with E-state index in [-0.39, 0.29) is 0 Å². The number of benzene rings is 3. The molecule has 0 N–H and O–H groups in total. The van der Waals surface area contributed by atoms with E-state index in [2.05, 4.69) is 37.3 Å². The number of hydrogen-bond acceptors (Lipinski definition) is 3. The van der Waals surface area contributed by atoms with Gasteiger partial charge in [0, 0.05) is 4.90 Å². The number of nitriles is 1. The van der Waals surface area contributed by atoms with Crippen LogP contribution in [0.15, 0.2) is 83.8 Å². The van der Waals surface area contributed by atoms with Crippen LogP contribution in [-0.4, -0.2) is 0 Å². The number of hydrogen-bond donors (Lipinski definition) is 0. The number of thioether (sulfide) groups is 1. The zero-order valence-electron chi connectivity index (χ0n) is 14.3. The Morgan fingerprint density at radius 3 is 2.24 bits per heavy atom. The second kappa shape index (κ2) is 7.46. The van der Waals surface area contributed by atoms with Crippen LogP contribution < -0.4 is 4.74 Å². The first-order chi connectivity index (χ1) is 12.1. The van der Waals surface area contributed by atoms with E-state index < -0.39 is 4.75 Å². The maximum Gasteiger partial charge on any atom is 0.129 e. The van der Waals surface area contributed by atoms with Crippen molar-refractivity contribution in [2.24, 2.45) is 0 Å². The number of rotatable bonds is 5. The Morgan fingerprint density at radius 2 is 1.56 bits per heavy atom. The average Bonchev–Trinajstić information content (AvgIpc) is 2.65. The highest BCUT2D eigenvalue weighted by molar-refractivity contribution is 8.00. The molecule has 0 amide bonds. The quantitative estimate of drug-likeness (QED) is 0.507. The summed E-state index contributed by atoms with van der Waals surface area (Å²) in [6.07, 6.45) is 0. The van der Waals surface area contributed by atoms with Crippen LogP contribution in [-0.2, 0) is 4.75 Å². The third kappa shape index (κ3) is 4.23. The Bertz CT molecular complexity index is 884.